The Hall–Kier alpha value is -1.52. The zero-order valence-electron chi connectivity index (χ0n) is 8.73. The summed E-state index contributed by atoms with van der Waals surface area (Å²) in [5.41, 5.74) is 0. The van der Waals surface area contributed by atoms with E-state index in [1.165, 1.54) is 0 Å². The van der Waals surface area contributed by atoms with E-state index in [0.717, 1.165) is 6.42 Å². The van der Waals surface area contributed by atoms with Crippen molar-refractivity contribution in [2.45, 2.75) is 26.2 Å². The highest BCUT2D eigenvalue weighted by atomic mass is 19.2. The number of carbonyl (C=O) groups excluding carboxylic acids is 1. The van der Waals surface area contributed by atoms with E-state index in [2.05, 4.69) is 4.74 Å². The fourth-order valence-corrected chi connectivity index (χ4v) is 1.08. The Morgan fingerprint density at radius 1 is 1.19 bits per heavy atom. The van der Waals surface area contributed by atoms with E-state index < -0.39 is 29.2 Å². The fraction of sp³-hybridized carbons (Fsp3) is 0.364. The Labute approximate surface area is 91.0 Å². The van der Waals surface area contributed by atoms with E-state index in [0.29, 0.717) is 18.6 Å². The molecule has 2 nitrogen and oxygen atoms in total. The predicted octanol–water partition coefficient (Wildman–Crippen LogP) is 3.20. The van der Waals surface area contributed by atoms with Crippen molar-refractivity contribution in [3.05, 3.63) is 29.6 Å². The minimum Gasteiger partial charge on any atom is -0.423 e. The zero-order valence-corrected chi connectivity index (χ0v) is 8.73. The summed E-state index contributed by atoms with van der Waals surface area (Å²) in [4.78, 5) is 11.1. The van der Waals surface area contributed by atoms with Crippen LogP contribution in [0, 0.1) is 17.5 Å². The number of esters is 1. The fourth-order valence-electron chi connectivity index (χ4n) is 1.08. The molecule has 0 radical (unpaired) electrons. The molecule has 0 spiro atoms. The van der Waals surface area contributed by atoms with Crippen molar-refractivity contribution < 1.29 is 22.7 Å². The topological polar surface area (TPSA) is 26.3 Å². The van der Waals surface area contributed by atoms with Crippen molar-refractivity contribution in [1.82, 2.24) is 0 Å². The highest BCUT2D eigenvalue weighted by molar-refractivity contribution is 5.72. The van der Waals surface area contributed by atoms with Gasteiger partial charge in [-0.05, 0) is 6.42 Å². The summed E-state index contributed by atoms with van der Waals surface area (Å²) < 4.78 is 42.9. The van der Waals surface area contributed by atoms with Gasteiger partial charge < -0.3 is 4.74 Å². The third-order valence-corrected chi connectivity index (χ3v) is 1.93. The van der Waals surface area contributed by atoms with Gasteiger partial charge >= 0.3 is 5.97 Å². The van der Waals surface area contributed by atoms with E-state index in [1.807, 2.05) is 6.92 Å². The Kier molecular flexibility index (Phi) is 4.34. The molecule has 0 fully saturated rings. The molecule has 0 aromatic heterocycles. The second-order valence-electron chi connectivity index (χ2n) is 3.27. The predicted molar refractivity (Wildman–Crippen MR) is 51.5 cm³/mol. The van der Waals surface area contributed by atoms with Crippen LogP contribution < -0.4 is 4.74 Å². The Morgan fingerprint density at radius 3 is 2.44 bits per heavy atom. The molecule has 1 aromatic carbocycles. The van der Waals surface area contributed by atoms with Crippen LogP contribution in [0.3, 0.4) is 0 Å². The highest BCUT2D eigenvalue weighted by Crippen LogP contribution is 2.21. The summed E-state index contributed by atoms with van der Waals surface area (Å²) >= 11 is 0. The lowest BCUT2D eigenvalue weighted by atomic mass is 10.2. The number of benzene rings is 1. The van der Waals surface area contributed by atoms with Crippen LogP contribution in [0.15, 0.2) is 12.1 Å². The third-order valence-electron chi connectivity index (χ3n) is 1.93. The lowest BCUT2D eigenvalue weighted by Gasteiger charge is -2.05. The first-order chi connectivity index (χ1) is 7.54. The van der Waals surface area contributed by atoms with E-state index in [-0.39, 0.29) is 6.42 Å². The van der Waals surface area contributed by atoms with Crippen molar-refractivity contribution in [2.24, 2.45) is 0 Å². The summed E-state index contributed by atoms with van der Waals surface area (Å²) in [6.07, 6.45) is 1.51. The smallest absolute Gasteiger partial charge is 0.311 e. The van der Waals surface area contributed by atoms with Gasteiger partial charge in [-0.3, -0.25) is 4.79 Å². The first kappa shape index (κ1) is 12.5. The molecule has 0 saturated carbocycles. The number of hydrogen-bond acceptors (Lipinski definition) is 2. The summed E-state index contributed by atoms with van der Waals surface area (Å²) in [6.45, 7) is 1.88. The monoisotopic (exact) mass is 232 g/mol. The van der Waals surface area contributed by atoms with Gasteiger partial charge in [0.2, 0.25) is 0 Å². The van der Waals surface area contributed by atoms with Gasteiger partial charge in [-0.2, -0.15) is 0 Å². The first-order valence-electron chi connectivity index (χ1n) is 4.89. The molecule has 0 aliphatic carbocycles. The van der Waals surface area contributed by atoms with Crippen LogP contribution in [0.1, 0.15) is 26.2 Å². The van der Waals surface area contributed by atoms with Gasteiger partial charge in [-0.15, -0.1) is 0 Å². The van der Waals surface area contributed by atoms with Crippen molar-refractivity contribution >= 4 is 5.97 Å². The summed E-state index contributed by atoms with van der Waals surface area (Å²) in [5, 5.41) is 0. The van der Waals surface area contributed by atoms with Crippen LogP contribution in [0.25, 0.3) is 0 Å². The largest absolute Gasteiger partial charge is 0.423 e. The molecule has 5 heteroatoms. The molecule has 0 N–H and O–H groups in total. The Balaban J connectivity index is 2.73. The van der Waals surface area contributed by atoms with Gasteiger partial charge in [-0.1, -0.05) is 13.3 Å². The molecule has 0 heterocycles. The number of hydrogen-bond donors (Lipinski definition) is 0. The van der Waals surface area contributed by atoms with Crippen LogP contribution in [-0.4, -0.2) is 5.97 Å². The van der Waals surface area contributed by atoms with Crippen molar-refractivity contribution in [3.8, 4) is 5.75 Å². The minimum absolute atomic E-state index is 0.120. The second-order valence-corrected chi connectivity index (χ2v) is 3.27. The highest BCUT2D eigenvalue weighted by Gasteiger charge is 2.13. The van der Waals surface area contributed by atoms with Gasteiger partial charge in [0.25, 0.3) is 0 Å². The molecule has 16 heavy (non-hydrogen) atoms. The molecule has 0 aliphatic heterocycles. The molecule has 1 aromatic rings. The standard InChI is InChI=1S/C11H11F3O2/c1-2-3-4-11(15)16-10-6-8(13)7(12)5-9(10)14/h5-6H,2-4H2,1H3. The molecule has 88 valence electrons. The lowest BCUT2D eigenvalue weighted by Crippen LogP contribution is -2.09. The van der Waals surface area contributed by atoms with Gasteiger partial charge in [0.15, 0.2) is 23.2 Å². The minimum atomic E-state index is -1.31. The third kappa shape index (κ3) is 3.25. The van der Waals surface area contributed by atoms with Crippen LogP contribution in [-0.2, 0) is 4.79 Å². The van der Waals surface area contributed by atoms with Crippen molar-refractivity contribution in [1.29, 1.82) is 0 Å². The maximum atomic E-state index is 13.0. The van der Waals surface area contributed by atoms with Crippen molar-refractivity contribution in [3.63, 3.8) is 0 Å². The number of unbranched alkanes of at least 4 members (excludes halogenated alkanes) is 1. The van der Waals surface area contributed by atoms with Gasteiger partial charge in [0, 0.05) is 18.6 Å². The maximum Gasteiger partial charge on any atom is 0.311 e. The van der Waals surface area contributed by atoms with Crippen LogP contribution >= 0.6 is 0 Å². The number of ether oxygens (including phenoxy) is 1. The summed E-state index contributed by atoms with van der Waals surface area (Å²) in [6, 6.07) is 0.867. The molecule has 0 bridgehead atoms. The first-order valence-corrected chi connectivity index (χ1v) is 4.89. The number of halogens is 3. The van der Waals surface area contributed by atoms with Crippen LogP contribution in [0.4, 0.5) is 13.2 Å². The van der Waals surface area contributed by atoms with E-state index in [1.54, 1.807) is 0 Å². The SMILES string of the molecule is CCCCC(=O)Oc1cc(F)c(F)cc1F. The maximum absolute atomic E-state index is 13.0. The molecule has 0 aliphatic rings. The molecule has 0 amide bonds. The van der Waals surface area contributed by atoms with Gasteiger partial charge in [0.1, 0.15) is 0 Å². The molecule has 0 saturated heterocycles. The summed E-state index contributed by atoms with van der Waals surface area (Å²) in [7, 11) is 0. The van der Waals surface area contributed by atoms with Crippen molar-refractivity contribution in [2.75, 3.05) is 0 Å². The lowest BCUT2D eigenvalue weighted by molar-refractivity contribution is -0.134. The van der Waals surface area contributed by atoms with E-state index >= 15 is 0 Å². The quantitative estimate of drug-likeness (QED) is 0.452. The normalized spacial score (nSPS) is 10.2. The van der Waals surface area contributed by atoms with E-state index in [9.17, 15) is 18.0 Å². The molecular weight excluding hydrogens is 221 g/mol. The average Bonchev–Trinajstić information content (AvgIpc) is 2.23. The van der Waals surface area contributed by atoms with Gasteiger partial charge in [-0.25, -0.2) is 13.2 Å². The number of carbonyl (C=O) groups is 1. The Morgan fingerprint density at radius 2 is 1.81 bits per heavy atom. The van der Waals surface area contributed by atoms with E-state index in [4.69, 9.17) is 0 Å². The summed E-state index contributed by atoms with van der Waals surface area (Å²) in [5.74, 6) is -4.90. The molecule has 0 unspecified atom stereocenters. The Bertz CT molecular complexity index is 391. The van der Waals surface area contributed by atoms with Crippen LogP contribution in [0.5, 0.6) is 5.75 Å². The zero-order chi connectivity index (χ0) is 12.1. The van der Waals surface area contributed by atoms with Gasteiger partial charge in [0.05, 0.1) is 0 Å². The average molecular weight is 232 g/mol. The molecule has 0 atom stereocenters. The number of rotatable bonds is 4. The molecule has 1 rings (SSSR count). The van der Waals surface area contributed by atoms with Crippen LogP contribution in [0.2, 0.25) is 0 Å². The molecular formula is C11H11F3O2. The second kappa shape index (κ2) is 5.53.